The number of hydrogen-bond acceptors (Lipinski definition) is 2. The van der Waals surface area contributed by atoms with E-state index in [9.17, 15) is 9.90 Å². The molecule has 1 N–H and O–H groups in total. The van der Waals surface area contributed by atoms with Gasteiger partial charge >= 0.3 is 0 Å². The van der Waals surface area contributed by atoms with Crippen molar-refractivity contribution in [2.24, 2.45) is 29.1 Å². The summed E-state index contributed by atoms with van der Waals surface area (Å²) in [5, 5.41) is 11.0. The Hall–Kier alpha value is -0.340. The monoisotopic (exact) mass is 308 g/mol. The minimum absolute atomic E-state index is 0.100. The zero-order valence-electron chi connectivity index (χ0n) is 12.8. The molecule has 3 fully saturated rings. The normalized spacial score (nSPS) is 49.7. The van der Waals surface area contributed by atoms with E-state index in [-0.39, 0.29) is 17.3 Å². The van der Waals surface area contributed by atoms with Crippen molar-refractivity contribution in [2.45, 2.75) is 64.4 Å². The van der Waals surface area contributed by atoms with Crippen molar-refractivity contribution >= 4 is 17.4 Å². The van der Waals surface area contributed by atoms with E-state index in [1.54, 1.807) is 0 Å². The Kier molecular flexibility index (Phi) is 3.28. The number of allylic oxidation sites excluding steroid dienone is 1. The summed E-state index contributed by atoms with van der Waals surface area (Å²) in [5.41, 5.74) is 1.42. The minimum Gasteiger partial charge on any atom is -0.393 e. The van der Waals surface area contributed by atoms with Crippen LogP contribution in [0.15, 0.2) is 10.6 Å². The third-order valence-corrected chi connectivity index (χ3v) is 7.82. The molecule has 4 aliphatic carbocycles. The maximum atomic E-state index is 11.9. The van der Waals surface area contributed by atoms with Crippen molar-refractivity contribution in [2.75, 3.05) is 0 Å². The Labute approximate surface area is 131 Å². The Balaban J connectivity index is 1.66. The van der Waals surface area contributed by atoms with Gasteiger partial charge in [-0.25, -0.2) is 0 Å². The molecular formula is C18H25ClO2. The summed E-state index contributed by atoms with van der Waals surface area (Å²) in [5.74, 6) is 2.85. The topological polar surface area (TPSA) is 37.3 Å². The average Bonchev–Trinajstić information content (AvgIpc) is 2.78. The van der Waals surface area contributed by atoms with E-state index in [2.05, 4.69) is 6.92 Å². The molecule has 21 heavy (non-hydrogen) atoms. The first-order chi connectivity index (χ1) is 10.0. The molecule has 0 amide bonds. The number of aliphatic hydroxyl groups excluding tert-OH is 1. The third-order valence-electron chi connectivity index (χ3n) is 7.36. The van der Waals surface area contributed by atoms with Crippen LogP contribution >= 0.6 is 11.6 Å². The number of Topliss-reactive ketones (excluding diaryl/α,β-unsaturated/α-hetero) is 1. The summed E-state index contributed by atoms with van der Waals surface area (Å²) in [6, 6.07) is 0. The summed E-state index contributed by atoms with van der Waals surface area (Å²) >= 11 is 6.32. The number of carbonyl (C=O) groups excluding carboxylic acids is 1. The number of carbonyl (C=O) groups is 1. The molecule has 0 bridgehead atoms. The van der Waals surface area contributed by atoms with Gasteiger partial charge in [0.05, 0.1) is 11.1 Å². The number of aliphatic hydroxyl groups is 1. The molecule has 4 rings (SSSR count). The predicted octanol–water partition coefficient (Wildman–Crippen LogP) is 4.06. The van der Waals surface area contributed by atoms with Gasteiger partial charge in [0.2, 0.25) is 0 Å². The van der Waals surface area contributed by atoms with Crippen LogP contribution < -0.4 is 0 Å². The highest BCUT2D eigenvalue weighted by Gasteiger charge is 2.56. The van der Waals surface area contributed by atoms with Crippen LogP contribution in [0.3, 0.4) is 0 Å². The van der Waals surface area contributed by atoms with E-state index in [0.29, 0.717) is 29.2 Å². The van der Waals surface area contributed by atoms with E-state index >= 15 is 0 Å². The van der Waals surface area contributed by atoms with Crippen LogP contribution in [0.2, 0.25) is 0 Å². The van der Waals surface area contributed by atoms with Gasteiger partial charge in [0.15, 0.2) is 5.78 Å². The van der Waals surface area contributed by atoms with Crippen molar-refractivity contribution in [1.29, 1.82) is 0 Å². The molecule has 0 heterocycles. The van der Waals surface area contributed by atoms with Crippen molar-refractivity contribution < 1.29 is 9.90 Å². The van der Waals surface area contributed by atoms with Gasteiger partial charge in [-0.15, -0.1) is 0 Å². The largest absolute Gasteiger partial charge is 0.393 e. The van der Waals surface area contributed by atoms with Crippen molar-refractivity contribution in [3.8, 4) is 0 Å². The lowest BCUT2D eigenvalue weighted by Crippen LogP contribution is -2.47. The summed E-state index contributed by atoms with van der Waals surface area (Å²) in [7, 11) is 0. The van der Waals surface area contributed by atoms with Crippen LogP contribution in [0.5, 0.6) is 0 Å². The second kappa shape index (κ2) is 4.83. The Morgan fingerprint density at radius 1 is 1.10 bits per heavy atom. The fourth-order valence-corrected chi connectivity index (χ4v) is 6.54. The van der Waals surface area contributed by atoms with Gasteiger partial charge in [-0.05, 0) is 79.6 Å². The standard InChI is InChI=1S/C18H25ClO2/c1-18-9-8-11-10-4-6-15(20)17(19)13(10)3-2-12(11)14(18)5-7-16(18)21/h10-12,14,16,21H,2-9H2,1H3/t10-,11-,12+,14-,16-,18-/m0/s1. The zero-order valence-corrected chi connectivity index (χ0v) is 13.5. The summed E-state index contributed by atoms with van der Waals surface area (Å²) in [4.78, 5) is 11.9. The van der Waals surface area contributed by atoms with Gasteiger partial charge in [0.1, 0.15) is 0 Å². The molecule has 0 aromatic rings. The van der Waals surface area contributed by atoms with E-state index in [1.165, 1.54) is 24.8 Å². The number of hydrogen-bond donors (Lipinski definition) is 1. The number of rotatable bonds is 0. The third kappa shape index (κ3) is 1.91. The highest BCUT2D eigenvalue weighted by molar-refractivity contribution is 6.43. The highest BCUT2D eigenvalue weighted by atomic mass is 35.5. The predicted molar refractivity (Wildman–Crippen MR) is 82.9 cm³/mol. The molecule has 0 radical (unpaired) electrons. The van der Waals surface area contributed by atoms with Crippen LogP contribution in [0.25, 0.3) is 0 Å². The van der Waals surface area contributed by atoms with Gasteiger partial charge in [0.25, 0.3) is 0 Å². The quantitative estimate of drug-likeness (QED) is 0.733. The molecule has 2 nitrogen and oxygen atoms in total. The van der Waals surface area contributed by atoms with Gasteiger partial charge < -0.3 is 5.11 Å². The first-order valence-corrected chi connectivity index (χ1v) is 9.00. The summed E-state index contributed by atoms with van der Waals surface area (Å²) in [6.45, 7) is 2.31. The van der Waals surface area contributed by atoms with Crippen LogP contribution in [-0.2, 0) is 4.79 Å². The first-order valence-electron chi connectivity index (χ1n) is 8.62. The molecule has 6 atom stereocenters. The highest BCUT2D eigenvalue weighted by Crippen LogP contribution is 2.62. The number of ketones is 1. The van der Waals surface area contributed by atoms with Crippen molar-refractivity contribution in [1.82, 2.24) is 0 Å². The van der Waals surface area contributed by atoms with Crippen LogP contribution in [0, 0.1) is 29.1 Å². The van der Waals surface area contributed by atoms with Crippen LogP contribution in [0.4, 0.5) is 0 Å². The van der Waals surface area contributed by atoms with E-state index in [1.807, 2.05) is 0 Å². The first kappa shape index (κ1) is 14.3. The van der Waals surface area contributed by atoms with Crippen molar-refractivity contribution in [3.05, 3.63) is 10.6 Å². The van der Waals surface area contributed by atoms with E-state index in [0.717, 1.165) is 31.6 Å². The molecule has 116 valence electrons. The molecule has 0 unspecified atom stereocenters. The summed E-state index contributed by atoms with van der Waals surface area (Å²) in [6.07, 6.45) is 8.27. The minimum atomic E-state index is -0.100. The second-order valence-corrected chi connectivity index (χ2v) is 8.40. The SMILES string of the molecule is C[C@]12CC[C@@H]3[C@@H](CCC4=C(Cl)C(=O)CC[C@H]43)[C@@H]1CC[C@@H]2O. The molecule has 0 saturated heterocycles. The number of halogens is 1. The molecule has 0 aromatic carbocycles. The lowest BCUT2D eigenvalue weighted by Gasteiger charge is -2.53. The van der Waals surface area contributed by atoms with Gasteiger partial charge in [-0.3, -0.25) is 4.79 Å². The van der Waals surface area contributed by atoms with E-state index < -0.39 is 0 Å². The maximum absolute atomic E-state index is 11.9. The summed E-state index contributed by atoms with van der Waals surface area (Å²) < 4.78 is 0. The van der Waals surface area contributed by atoms with Gasteiger partial charge in [-0.1, -0.05) is 18.5 Å². The zero-order chi connectivity index (χ0) is 14.8. The van der Waals surface area contributed by atoms with E-state index in [4.69, 9.17) is 11.6 Å². The lowest BCUT2D eigenvalue weighted by molar-refractivity contribution is -0.116. The second-order valence-electron chi connectivity index (χ2n) is 8.02. The lowest BCUT2D eigenvalue weighted by atomic mass is 9.52. The Morgan fingerprint density at radius 2 is 1.90 bits per heavy atom. The molecule has 0 aromatic heterocycles. The maximum Gasteiger partial charge on any atom is 0.174 e. The van der Waals surface area contributed by atoms with Gasteiger partial charge in [-0.2, -0.15) is 0 Å². The molecule has 3 heteroatoms. The molecule has 4 aliphatic rings. The molecular weight excluding hydrogens is 284 g/mol. The molecule has 3 saturated carbocycles. The fourth-order valence-electron chi connectivity index (χ4n) is 6.21. The number of fused-ring (bicyclic) bond motifs is 5. The molecule has 0 aliphatic heterocycles. The Bertz CT molecular complexity index is 511. The Morgan fingerprint density at radius 3 is 2.71 bits per heavy atom. The van der Waals surface area contributed by atoms with Crippen LogP contribution in [-0.4, -0.2) is 17.0 Å². The van der Waals surface area contributed by atoms with Gasteiger partial charge in [0, 0.05) is 6.42 Å². The van der Waals surface area contributed by atoms with Crippen LogP contribution in [0.1, 0.15) is 58.3 Å². The van der Waals surface area contributed by atoms with Crippen molar-refractivity contribution in [3.63, 3.8) is 0 Å². The molecule has 0 spiro atoms. The average molecular weight is 309 g/mol. The smallest absolute Gasteiger partial charge is 0.174 e. The fraction of sp³-hybridized carbons (Fsp3) is 0.833.